The highest BCUT2D eigenvalue weighted by molar-refractivity contribution is 7.47. The van der Waals surface area contributed by atoms with E-state index in [2.05, 4.69) is 58.9 Å². The summed E-state index contributed by atoms with van der Waals surface area (Å²) in [5.41, 5.74) is 0. The molecule has 0 spiro atoms. The van der Waals surface area contributed by atoms with Crippen LogP contribution in [0.5, 0.6) is 0 Å². The summed E-state index contributed by atoms with van der Waals surface area (Å²) >= 11 is 0. The van der Waals surface area contributed by atoms with E-state index in [9.17, 15) is 43.2 Å². The van der Waals surface area contributed by atoms with Crippen molar-refractivity contribution in [2.45, 2.75) is 457 Å². The highest BCUT2D eigenvalue weighted by atomic mass is 31.2. The SMILES string of the molecule is CCCCCC/C=C\C=C/CCCCCCCC(=O)O[C@H](COC(=O)CCCCCCCCCC(C)C)COP(=O)(O)OC[C@H](O)COP(=O)(O)OC[C@@H](COC(=O)CCCCCCCCCCCCCCCCCCCCC)OC(=O)CCCCCCCCCCCCCCCCCCCCCCC. The van der Waals surface area contributed by atoms with E-state index >= 15 is 0 Å². The van der Waals surface area contributed by atoms with E-state index in [-0.39, 0.29) is 25.7 Å². The van der Waals surface area contributed by atoms with Gasteiger partial charge in [-0.25, -0.2) is 9.13 Å². The number of carbonyl (C=O) groups excluding carboxylic acids is 4. The van der Waals surface area contributed by atoms with Crippen LogP contribution in [0.15, 0.2) is 24.3 Å². The minimum absolute atomic E-state index is 0.0847. The number of esters is 4. The van der Waals surface area contributed by atoms with E-state index in [1.807, 2.05) is 0 Å². The standard InChI is InChI=1S/C86H164O17P2/c1-6-9-12-15-18-21-24-27-30-32-34-35-37-39-42-45-48-51-56-62-67-72-85(90)102-81(75-96-83(88)69-64-59-54-49-46-43-41-38-36-33-31-28-25-22-19-16-13-10-7-2)77-100-104(92,93)98-73-80(87)74-99-105(94,95)101-78-82(76-97-84(89)70-65-60-57-52-53-58-63-68-79(4)5)103-86(91)71-66-61-55-50-47-44-40-29-26-23-20-17-14-11-8-3/h23,26,29,40,79-82,87H,6-22,24-25,27-28,30-39,41-78H2,1-5H3,(H,92,93)(H,94,95)/b26-23-,40-29-/t80-,81-,82-/m1/s1. The minimum atomic E-state index is -4.97. The molecule has 19 heteroatoms. The normalized spacial score (nSPS) is 13.9. The third-order valence-electron chi connectivity index (χ3n) is 19.7. The monoisotopic (exact) mass is 1530 g/mol. The van der Waals surface area contributed by atoms with Gasteiger partial charge in [0.2, 0.25) is 0 Å². The topological polar surface area (TPSA) is 237 Å². The Morgan fingerprint density at radius 1 is 0.295 bits per heavy atom. The lowest BCUT2D eigenvalue weighted by Gasteiger charge is -2.21. The third-order valence-corrected chi connectivity index (χ3v) is 21.6. The summed E-state index contributed by atoms with van der Waals surface area (Å²) in [6, 6.07) is 0. The van der Waals surface area contributed by atoms with Gasteiger partial charge in [0.05, 0.1) is 26.4 Å². The molecule has 3 N–H and O–H groups in total. The number of phosphoric acid groups is 2. The molecule has 0 heterocycles. The molecule has 0 rings (SSSR count). The number of hydrogen-bond donors (Lipinski definition) is 3. The number of carbonyl (C=O) groups is 4. The van der Waals surface area contributed by atoms with E-state index in [1.54, 1.807) is 0 Å². The van der Waals surface area contributed by atoms with Crippen molar-refractivity contribution in [1.82, 2.24) is 0 Å². The van der Waals surface area contributed by atoms with Gasteiger partial charge in [0.25, 0.3) is 0 Å². The Kier molecular flexibility index (Phi) is 76.4. The number of phosphoric ester groups is 2. The summed E-state index contributed by atoms with van der Waals surface area (Å²) in [7, 11) is -9.94. The molecule has 5 atom stereocenters. The summed E-state index contributed by atoms with van der Waals surface area (Å²) in [6.45, 7) is 7.23. The maximum atomic E-state index is 13.1. The van der Waals surface area contributed by atoms with Crippen molar-refractivity contribution < 1.29 is 80.2 Å². The quantitative estimate of drug-likeness (QED) is 0.0169. The smallest absolute Gasteiger partial charge is 0.462 e. The molecule has 0 aromatic carbocycles. The minimum Gasteiger partial charge on any atom is -0.462 e. The largest absolute Gasteiger partial charge is 0.472 e. The molecule has 2 unspecified atom stereocenters. The molecule has 0 aliphatic heterocycles. The van der Waals surface area contributed by atoms with Crippen molar-refractivity contribution >= 4 is 39.5 Å². The Bertz CT molecular complexity index is 2090. The first-order valence-electron chi connectivity index (χ1n) is 44.0. The Morgan fingerprint density at radius 2 is 0.514 bits per heavy atom. The van der Waals surface area contributed by atoms with Crippen molar-refractivity contribution in [3.63, 3.8) is 0 Å². The molecule has 0 aliphatic rings. The van der Waals surface area contributed by atoms with Crippen molar-refractivity contribution in [2.24, 2.45) is 5.92 Å². The fraction of sp³-hybridized carbons (Fsp3) is 0.907. The second-order valence-electron chi connectivity index (χ2n) is 30.7. The Morgan fingerprint density at radius 3 is 0.781 bits per heavy atom. The fourth-order valence-corrected chi connectivity index (χ4v) is 14.5. The van der Waals surface area contributed by atoms with Gasteiger partial charge in [0.1, 0.15) is 19.3 Å². The van der Waals surface area contributed by atoms with E-state index < -0.39 is 97.5 Å². The molecule has 0 aliphatic carbocycles. The highest BCUT2D eigenvalue weighted by Crippen LogP contribution is 2.45. The molecule has 0 amide bonds. The molecule has 0 radical (unpaired) electrons. The van der Waals surface area contributed by atoms with Crippen LogP contribution in [0.25, 0.3) is 0 Å². The maximum absolute atomic E-state index is 13.1. The van der Waals surface area contributed by atoms with Crippen LogP contribution in [0.2, 0.25) is 0 Å². The van der Waals surface area contributed by atoms with Crippen molar-refractivity contribution in [2.75, 3.05) is 39.6 Å². The molecule has 0 bridgehead atoms. The van der Waals surface area contributed by atoms with Gasteiger partial charge in [-0.05, 0) is 57.3 Å². The second kappa shape index (κ2) is 78.2. The first-order chi connectivity index (χ1) is 51.0. The van der Waals surface area contributed by atoms with E-state index in [1.165, 1.54) is 244 Å². The maximum Gasteiger partial charge on any atom is 0.472 e. The number of allylic oxidation sites excluding steroid dienone is 4. The van der Waals surface area contributed by atoms with Gasteiger partial charge in [-0.2, -0.15) is 0 Å². The number of aliphatic hydroxyl groups excluding tert-OH is 1. The van der Waals surface area contributed by atoms with Gasteiger partial charge in [-0.15, -0.1) is 0 Å². The summed E-state index contributed by atoms with van der Waals surface area (Å²) in [5.74, 6) is -1.43. The van der Waals surface area contributed by atoms with Gasteiger partial charge >= 0.3 is 39.5 Å². The Hall–Kier alpha value is -2.46. The average Bonchev–Trinajstić information content (AvgIpc) is 0.916. The second-order valence-corrected chi connectivity index (χ2v) is 33.6. The van der Waals surface area contributed by atoms with Crippen molar-refractivity contribution in [3.05, 3.63) is 24.3 Å². The molecular formula is C86H164O17P2. The summed E-state index contributed by atoms with van der Waals surface area (Å²) < 4.78 is 68.8. The Labute approximate surface area is 643 Å². The van der Waals surface area contributed by atoms with Gasteiger partial charge in [-0.1, -0.05) is 386 Å². The molecular weight excluding hydrogens is 1370 g/mol. The van der Waals surface area contributed by atoms with Gasteiger partial charge in [-0.3, -0.25) is 37.3 Å². The predicted octanol–water partition coefficient (Wildman–Crippen LogP) is 25.9. The fourth-order valence-electron chi connectivity index (χ4n) is 12.9. The number of hydrogen-bond acceptors (Lipinski definition) is 15. The number of aliphatic hydroxyl groups is 1. The average molecular weight is 1530 g/mol. The van der Waals surface area contributed by atoms with Crippen LogP contribution < -0.4 is 0 Å². The molecule has 620 valence electrons. The van der Waals surface area contributed by atoms with Crippen molar-refractivity contribution in [3.8, 4) is 0 Å². The van der Waals surface area contributed by atoms with Crippen LogP contribution in [-0.4, -0.2) is 96.7 Å². The van der Waals surface area contributed by atoms with E-state index in [0.717, 1.165) is 109 Å². The first kappa shape index (κ1) is 103. The van der Waals surface area contributed by atoms with Gasteiger partial charge in [0, 0.05) is 25.7 Å². The van der Waals surface area contributed by atoms with Crippen molar-refractivity contribution in [1.29, 1.82) is 0 Å². The molecule has 17 nitrogen and oxygen atoms in total. The number of ether oxygens (including phenoxy) is 4. The van der Waals surface area contributed by atoms with E-state index in [4.69, 9.17) is 37.0 Å². The molecule has 0 saturated carbocycles. The van der Waals surface area contributed by atoms with Crippen LogP contribution in [0.1, 0.15) is 439 Å². The lowest BCUT2D eigenvalue weighted by Crippen LogP contribution is -2.30. The van der Waals surface area contributed by atoms with Crippen LogP contribution in [-0.2, 0) is 65.4 Å². The molecule has 105 heavy (non-hydrogen) atoms. The number of unbranched alkanes of at least 4 members (excludes halogenated alkanes) is 53. The highest BCUT2D eigenvalue weighted by Gasteiger charge is 2.30. The first-order valence-corrected chi connectivity index (χ1v) is 46.9. The van der Waals surface area contributed by atoms with Crippen LogP contribution in [0.4, 0.5) is 0 Å². The molecule has 0 fully saturated rings. The molecule has 0 aromatic heterocycles. The molecule has 0 saturated heterocycles. The van der Waals surface area contributed by atoms with Gasteiger partial charge in [0.15, 0.2) is 12.2 Å². The lowest BCUT2D eigenvalue weighted by atomic mass is 10.0. The number of rotatable bonds is 84. The summed E-state index contributed by atoms with van der Waals surface area (Å²) in [5, 5.41) is 10.7. The molecule has 0 aromatic rings. The summed E-state index contributed by atoms with van der Waals surface area (Å²) in [4.78, 5) is 73.2. The predicted molar refractivity (Wildman–Crippen MR) is 432 cm³/mol. The van der Waals surface area contributed by atoms with Crippen LogP contribution in [0.3, 0.4) is 0 Å². The summed E-state index contributed by atoms with van der Waals surface area (Å²) in [6.07, 6.45) is 74.6. The zero-order valence-electron chi connectivity index (χ0n) is 68.4. The van der Waals surface area contributed by atoms with E-state index in [0.29, 0.717) is 31.6 Å². The van der Waals surface area contributed by atoms with Crippen LogP contribution in [0, 0.1) is 5.92 Å². The lowest BCUT2D eigenvalue weighted by molar-refractivity contribution is -0.161. The Balaban J connectivity index is 5.25. The third kappa shape index (κ3) is 79.4. The zero-order valence-corrected chi connectivity index (χ0v) is 70.1. The zero-order chi connectivity index (χ0) is 76.9. The van der Waals surface area contributed by atoms with Crippen LogP contribution >= 0.6 is 15.6 Å². The van der Waals surface area contributed by atoms with Gasteiger partial charge < -0.3 is 33.8 Å².